The highest BCUT2D eigenvalue weighted by molar-refractivity contribution is 5.21. The fourth-order valence-corrected chi connectivity index (χ4v) is 1.78. The quantitative estimate of drug-likeness (QED) is 0.682. The Balaban J connectivity index is 2.33. The Morgan fingerprint density at radius 2 is 1.69 bits per heavy atom. The molecule has 0 saturated heterocycles. The number of nitrogens with zero attached hydrogens (tertiary/aromatic N) is 2. The summed E-state index contributed by atoms with van der Waals surface area (Å²) in [7, 11) is 1.62. The molecule has 0 amide bonds. The first-order valence-electron chi connectivity index (χ1n) is 4.80. The van der Waals surface area contributed by atoms with E-state index < -0.39 is 12.5 Å². The summed E-state index contributed by atoms with van der Waals surface area (Å²) in [5.74, 6) is 0. The topological polar surface area (TPSA) is 6.48 Å². The molecule has 1 aliphatic rings. The second kappa shape index (κ2) is 3.73. The van der Waals surface area contributed by atoms with Gasteiger partial charge in [0.05, 0.1) is 0 Å². The molecular formula is C11H11F3N2. The molecule has 1 aromatic rings. The number of halogens is 3. The number of hydrogen-bond donors (Lipinski definition) is 0. The van der Waals surface area contributed by atoms with Crippen molar-refractivity contribution in [1.82, 2.24) is 9.80 Å². The maximum absolute atomic E-state index is 12.7. The van der Waals surface area contributed by atoms with Crippen LogP contribution in [0.15, 0.2) is 42.7 Å². The highest BCUT2D eigenvalue weighted by Gasteiger charge is 2.43. The van der Waals surface area contributed by atoms with Gasteiger partial charge in [-0.15, -0.1) is 0 Å². The zero-order valence-electron chi connectivity index (χ0n) is 8.65. The molecule has 0 fully saturated rings. The van der Waals surface area contributed by atoms with Gasteiger partial charge in [0.1, 0.15) is 6.17 Å². The van der Waals surface area contributed by atoms with Gasteiger partial charge >= 0.3 is 6.30 Å². The smallest absolute Gasteiger partial charge is 0.355 e. The van der Waals surface area contributed by atoms with E-state index in [1.54, 1.807) is 37.4 Å². The lowest BCUT2D eigenvalue weighted by Gasteiger charge is -2.31. The van der Waals surface area contributed by atoms with Crippen molar-refractivity contribution in [2.75, 3.05) is 7.05 Å². The van der Waals surface area contributed by atoms with Gasteiger partial charge in [0.15, 0.2) is 0 Å². The van der Waals surface area contributed by atoms with Crippen LogP contribution in [0.3, 0.4) is 0 Å². The average Bonchev–Trinajstić information content (AvgIpc) is 2.61. The molecule has 0 spiro atoms. The highest BCUT2D eigenvalue weighted by Crippen LogP contribution is 2.37. The number of rotatable bonds is 1. The zero-order chi connectivity index (χ0) is 11.8. The minimum absolute atomic E-state index is 0.391. The normalized spacial score (nSPS) is 20.6. The van der Waals surface area contributed by atoms with Crippen LogP contribution in [0.4, 0.5) is 13.2 Å². The molecule has 2 nitrogen and oxygen atoms in total. The van der Waals surface area contributed by atoms with Gasteiger partial charge in [-0.3, -0.25) is 4.90 Å². The van der Waals surface area contributed by atoms with Crippen molar-refractivity contribution in [3.8, 4) is 0 Å². The molecule has 2 rings (SSSR count). The van der Waals surface area contributed by atoms with Crippen molar-refractivity contribution < 1.29 is 13.2 Å². The van der Waals surface area contributed by atoms with E-state index >= 15 is 0 Å². The average molecular weight is 228 g/mol. The number of benzene rings is 1. The van der Waals surface area contributed by atoms with Gasteiger partial charge < -0.3 is 4.90 Å². The summed E-state index contributed by atoms with van der Waals surface area (Å²) in [6.07, 6.45) is -2.69. The van der Waals surface area contributed by atoms with Gasteiger partial charge in [0.2, 0.25) is 0 Å². The minimum Gasteiger partial charge on any atom is -0.355 e. The summed E-state index contributed by atoms with van der Waals surface area (Å²) in [5, 5.41) is 0. The molecule has 1 aliphatic heterocycles. The van der Waals surface area contributed by atoms with Crippen molar-refractivity contribution in [1.29, 1.82) is 0 Å². The standard InChI is InChI=1S/C11H11F3N2/c1-15-7-8-16(11(12,13)14)10(15)9-5-3-2-4-6-9/h2-8,10H,1H3. The van der Waals surface area contributed by atoms with Crippen LogP contribution >= 0.6 is 0 Å². The first-order chi connectivity index (χ1) is 7.50. The fraction of sp³-hybridized carbons (Fsp3) is 0.273. The van der Waals surface area contributed by atoms with Crippen molar-refractivity contribution in [3.63, 3.8) is 0 Å². The number of hydrogen-bond acceptors (Lipinski definition) is 2. The van der Waals surface area contributed by atoms with Crippen LogP contribution in [0, 0.1) is 0 Å². The molecule has 5 heteroatoms. The van der Waals surface area contributed by atoms with E-state index in [1.807, 2.05) is 0 Å². The lowest BCUT2D eigenvalue weighted by atomic mass is 10.1. The molecule has 1 unspecified atom stereocenters. The highest BCUT2D eigenvalue weighted by atomic mass is 19.4. The molecule has 0 bridgehead atoms. The molecule has 0 radical (unpaired) electrons. The first kappa shape index (κ1) is 10.9. The van der Waals surface area contributed by atoms with Gasteiger partial charge in [0, 0.05) is 19.4 Å². The molecular weight excluding hydrogens is 217 g/mol. The molecule has 86 valence electrons. The molecule has 0 saturated carbocycles. The summed E-state index contributed by atoms with van der Waals surface area (Å²) >= 11 is 0. The van der Waals surface area contributed by atoms with Gasteiger partial charge in [-0.05, 0) is 5.56 Å². The Morgan fingerprint density at radius 3 is 2.25 bits per heavy atom. The Labute approximate surface area is 91.6 Å². The van der Waals surface area contributed by atoms with E-state index in [2.05, 4.69) is 0 Å². The lowest BCUT2D eigenvalue weighted by Crippen LogP contribution is -2.38. The Hall–Kier alpha value is -1.65. The van der Waals surface area contributed by atoms with Crippen LogP contribution in [0.2, 0.25) is 0 Å². The van der Waals surface area contributed by atoms with E-state index in [1.165, 1.54) is 11.1 Å². The molecule has 0 aliphatic carbocycles. The van der Waals surface area contributed by atoms with Crippen LogP contribution in [0.5, 0.6) is 0 Å². The van der Waals surface area contributed by atoms with Crippen LogP contribution in [0.1, 0.15) is 11.7 Å². The third-order valence-corrected chi connectivity index (χ3v) is 2.50. The summed E-state index contributed by atoms with van der Waals surface area (Å²) in [6, 6.07) is 8.62. The van der Waals surface area contributed by atoms with Gasteiger partial charge in [-0.25, -0.2) is 0 Å². The van der Waals surface area contributed by atoms with E-state index in [9.17, 15) is 13.2 Å². The largest absolute Gasteiger partial charge is 0.486 e. The van der Waals surface area contributed by atoms with Crippen LogP contribution in [-0.2, 0) is 0 Å². The summed E-state index contributed by atoms with van der Waals surface area (Å²) in [4.78, 5) is 1.92. The predicted octanol–water partition coefficient (Wildman–Crippen LogP) is 2.92. The SMILES string of the molecule is CN1C=CN(C(F)(F)F)C1c1ccccc1. The van der Waals surface area contributed by atoms with Gasteiger partial charge in [-0.2, -0.15) is 13.2 Å². The maximum Gasteiger partial charge on any atom is 0.486 e. The third-order valence-electron chi connectivity index (χ3n) is 2.50. The zero-order valence-corrected chi connectivity index (χ0v) is 8.65. The Kier molecular flexibility index (Phi) is 2.53. The van der Waals surface area contributed by atoms with Crippen molar-refractivity contribution in [2.24, 2.45) is 0 Å². The minimum atomic E-state index is -4.36. The van der Waals surface area contributed by atoms with Gasteiger partial charge in [-0.1, -0.05) is 30.3 Å². The van der Waals surface area contributed by atoms with Crippen molar-refractivity contribution in [3.05, 3.63) is 48.3 Å². The molecule has 1 atom stereocenters. The van der Waals surface area contributed by atoms with Crippen LogP contribution < -0.4 is 0 Å². The monoisotopic (exact) mass is 228 g/mol. The first-order valence-corrected chi connectivity index (χ1v) is 4.80. The van der Waals surface area contributed by atoms with E-state index in [0.29, 0.717) is 10.5 Å². The molecule has 16 heavy (non-hydrogen) atoms. The molecule has 0 N–H and O–H groups in total. The fourth-order valence-electron chi connectivity index (χ4n) is 1.78. The Morgan fingerprint density at radius 1 is 1.06 bits per heavy atom. The van der Waals surface area contributed by atoms with Crippen molar-refractivity contribution in [2.45, 2.75) is 12.5 Å². The number of alkyl halides is 3. The van der Waals surface area contributed by atoms with E-state index in [4.69, 9.17) is 0 Å². The van der Waals surface area contributed by atoms with E-state index in [-0.39, 0.29) is 0 Å². The van der Waals surface area contributed by atoms with Gasteiger partial charge in [0.25, 0.3) is 0 Å². The third kappa shape index (κ3) is 1.85. The van der Waals surface area contributed by atoms with Crippen LogP contribution in [-0.4, -0.2) is 23.1 Å². The molecule has 1 aromatic carbocycles. The summed E-state index contributed by atoms with van der Waals surface area (Å²) < 4.78 is 38.2. The summed E-state index contributed by atoms with van der Waals surface area (Å²) in [5.41, 5.74) is 0.618. The van der Waals surface area contributed by atoms with Crippen molar-refractivity contribution >= 4 is 0 Å². The molecule has 1 heterocycles. The molecule has 0 aromatic heterocycles. The maximum atomic E-state index is 12.7. The van der Waals surface area contributed by atoms with Crippen LogP contribution in [0.25, 0.3) is 0 Å². The predicted molar refractivity (Wildman–Crippen MR) is 54.0 cm³/mol. The second-order valence-electron chi connectivity index (χ2n) is 3.62. The Bertz CT molecular complexity index is 386. The second-order valence-corrected chi connectivity index (χ2v) is 3.62. The summed E-state index contributed by atoms with van der Waals surface area (Å²) in [6.45, 7) is 0. The lowest BCUT2D eigenvalue weighted by molar-refractivity contribution is -0.246. The van der Waals surface area contributed by atoms with E-state index in [0.717, 1.165) is 6.20 Å².